The fraction of sp³-hybridized carbons (Fsp3) is 0.0545. The highest BCUT2D eigenvalue weighted by Crippen LogP contribution is 2.54. The van der Waals surface area contributed by atoms with Gasteiger partial charge in [0, 0.05) is 49.3 Å². The van der Waals surface area contributed by atoms with Crippen molar-refractivity contribution in [1.29, 1.82) is 0 Å². The number of hydrogen-bond acceptors (Lipinski definition) is 3. The normalized spacial score (nSPS) is 13.1. The molecule has 0 bridgehead atoms. The fourth-order valence-corrected chi connectivity index (χ4v) is 9.74. The first-order valence-electron chi connectivity index (χ1n) is 20.0. The molecule has 0 N–H and O–H groups in total. The third kappa shape index (κ3) is 4.74. The van der Waals surface area contributed by atoms with Crippen molar-refractivity contribution < 1.29 is 8.83 Å². The van der Waals surface area contributed by atoms with Gasteiger partial charge < -0.3 is 13.7 Å². The van der Waals surface area contributed by atoms with Crippen molar-refractivity contribution in [2.45, 2.75) is 19.3 Å². The third-order valence-corrected chi connectivity index (χ3v) is 12.5. The van der Waals surface area contributed by atoms with Gasteiger partial charge in [0.05, 0.1) is 5.69 Å². The van der Waals surface area contributed by atoms with Crippen LogP contribution in [0.3, 0.4) is 0 Å². The lowest BCUT2D eigenvalue weighted by molar-refractivity contribution is 0.660. The lowest BCUT2D eigenvalue weighted by Gasteiger charge is -2.29. The molecule has 9 aromatic carbocycles. The Balaban J connectivity index is 1.06. The lowest BCUT2D eigenvalue weighted by Crippen LogP contribution is -2.14. The largest absolute Gasteiger partial charge is 0.456 e. The molecule has 0 amide bonds. The van der Waals surface area contributed by atoms with Gasteiger partial charge in [0.2, 0.25) is 0 Å². The van der Waals surface area contributed by atoms with E-state index in [1.807, 2.05) is 12.1 Å². The minimum Gasteiger partial charge on any atom is -0.456 e. The summed E-state index contributed by atoms with van der Waals surface area (Å²) in [5, 5.41) is 6.77. The predicted octanol–water partition coefficient (Wildman–Crippen LogP) is 15.7. The van der Waals surface area contributed by atoms with Gasteiger partial charge in [-0.05, 0) is 98.9 Å². The Bertz CT molecular complexity index is 3440. The Morgan fingerprint density at radius 3 is 1.97 bits per heavy atom. The molecular formula is C55H37NO2. The van der Waals surface area contributed by atoms with E-state index in [-0.39, 0.29) is 5.41 Å². The molecule has 0 fully saturated rings. The van der Waals surface area contributed by atoms with Crippen molar-refractivity contribution in [2.24, 2.45) is 0 Å². The molecule has 2 heterocycles. The van der Waals surface area contributed by atoms with Gasteiger partial charge in [-0.1, -0.05) is 147 Å². The molecule has 1 aliphatic rings. The number of nitrogens with zero attached hydrogens (tertiary/aromatic N) is 1. The number of para-hydroxylation sites is 2. The first kappa shape index (κ1) is 32.8. The van der Waals surface area contributed by atoms with Gasteiger partial charge in [-0.15, -0.1) is 0 Å². The Morgan fingerprint density at radius 2 is 1.07 bits per heavy atom. The van der Waals surface area contributed by atoms with Crippen LogP contribution in [0, 0.1) is 0 Å². The molecule has 11 aromatic rings. The maximum absolute atomic E-state index is 6.57. The van der Waals surface area contributed by atoms with Crippen LogP contribution < -0.4 is 4.90 Å². The van der Waals surface area contributed by atoms with Gasteiger partial charge in [-0.3, -0.25) is 0 Å². The van der Waals surface area contributed by atoms with Gasteiger partial charge in [-0.25, -0.2) is 0 Å². The van der Waals surface area contributed by atoms with Gasteiger partial charge in [0.1, 0.15) is 22.3 Å². The summed E-state index contributed by atoms with van der Waals surface area (Å²) >= 11 is 0. The molecule has 3 nitrogen and oxygen atoms in total. The fourth-order valence-electron chi connectivity index (χ4n) is 9.74. The second-order valence-electron chi connectivity index (χ2n) is 16.0. The van der Waals surface area contributed by atoms with E-state index in [2.05, 4.69) is 195 Å². The first-order chi connectivity index (χ1) is 28.5. The van der Waals surface area contributed by atoms with Crippen LogP contribution in [-0.4, -0.2) is 0 Å². The molecule has 0 unspecified atom stereocenters. The van der Waals surface area contributed by atoms with Crippen LogP contribution in [0.4, 0.5) is 17.1 Å². The van der Waals surface area contributed by atoms with Crippen molar-refractivity contribution in [3.8, 4) is 33.4 Å². The minimum absolute atomic E-state index is 0.101. The molecule has 1 aliphatic carbocycles. The molecule has 2 aromatic heterocycles. The van der Waals surface area contributed by atoms with Crippen molar-refractivity contribution in [2.75, 3.05) is 4.90 Å². The van der Waals surface area contributed by atoms with E-state index in [9.17, 15) is 0 Å². The average Bonchev–Trinajstić information content (AvgIpc) is 3.92. The predicted molar refractivity (Wildman–Crippen MR) is 242 cm³/mol. The molecule has 274 valence electrons. The molecule has 12 rings (SSSR count). The molecule has 0 radical (unpaired) electrons. The standard InChI is InChI=1S/C55H37NO2/c1-55(2)46-20-8-5-17-43(46)52-42(19-11-21-47(52)55)40-15-6-9-22-48(40)56(37-30-32-50-45(33-37)41-16-7-10-23-49(41)57-50)36-28-25-35(26-29-36)38-18-12-24-51-53(38)44-31-27-34-13-3-4-14-39(34)54(44)58-51/h3-33H,1-2H3. The highest BCUT2D eigenvalue weighted by molar-refractivity contribution is 6.19. The summed E-state index contributed by atoms with van der Waals surface area (Å²) in [6, 6.07) is 67.7. The second kappa shape index (κ2) is 12.3. The summed E-state index contributed by atoms with van der Waals surface area (Å²) in [5.74, 6) is 0. The Kier molecular flexibility index (Phi) is 6.98. The maximum atomic E-state index is 6.57. The van der Waals surface area contributed by atoms with E-state index in [4.69, 9.17) is 8.83 Å². The second-order valence-corrected chi connectivity index (χ2v) is 16.0. The Morgan fingerprint density at radius 1 is 0.414 bits per heavy atom. The number of fused-ring (bicyclic) bond motifs is 11. The third-order valence-electron chi connectivity index (χ3n) is 12.5. The summed E-state index contributed by atoms with van der Waals surface area (Å²) in [6.45, 7) is 4.70. The van der Waals surface area contributed by atoms with Crippen LogP contribution in [0.2, 0.25) is 0 Å². The molecule has 0 aliphatic heterocycles. The molecule has 3 heteroatoms. The SMILES string of the molecule is CC1(C)c2ccccc2-c2c(-c3ccccc3N(c3ccc(-c4cccc5oc6c7ccccc7ccc6c45)cc3)c3ccc4oc5ccccc5c4c3)cccc21. The number of benzene rings is 9. The van der Waals surface area contributed by atoms with E-state index >= 15 is 0 Å². The minimum atomic E-state index is -0.101. The van der Waals surface area contributed by atoms with E-state index in [1.54, 1.807) is 0 Å². The molecule has 0 saturated carbocycles. The number of rotatable bonds is 5. The van der Waals surface area contributed by atoms with Crippen molar-refractivity contribution in [3.05, 3.63) is 199 Å². The quantitative estimate of drug-likeness (QED) is 0.176. The van der Waals surface area contributed by atoms with Crippen LogP contribution >= 0.6 is 0 Å². The molecule has 58 heavy (non-hydrogen) atoms. The van der Waals surface area contributed by atoms with Crippen molar-refractivity contribution >= 4 is 71.7 Å². The van der Waals surface area contributed by atoms with Crippen LogP contribution in [0.15, 0.2) is 197 Å². The van der Waals surface area contributed by atoms with E-state index in [0.717, 1.165) is 77.5 Å². The van der Waals surface area contributed by atoms with Crippen LogP contribution in [0.1, 0.15) is 25.0 Å². The summed E-state index contributed by atoms with van der Waals surface area (Å²) in [4.78, 5) is 2.41. The molecular weight excluding hydrogens is 707 g/mol. The van der Waals surface area contributed by atoms with E-state index < -0.39 is 0 Å². The zero-order valence-corrected chi connectivity index (χ0v) is 32.2. The van der Waals surface area contributed by atoms with Crippen LogP contribution in [0.5, 0.6) is 0 Å². The smallest absolute Gasteiger partial charge is 0.143 e. The monoisotopic (exact) mass is 743 g/mol. The molecule has 0 spiro atoms. The van der Waals surface area contributed by atoms with Crippen molar-refractivity contribution in [3.63, 3.8) is 0 Å². The first-order valence-corrected chi connectivity index (χ1v) is 20.0. The van der Waals surface area contributed by atoms with E-state index in [1.165, 1.54) is 38.8 Å². The summed E-state index contributed by atoms with van der Waals surface area (Å²) < 4.78 is 12.9. The number of hydrogen-bond donors (Lipinski definition) is 0. The average molecular weight is 744 g/mol. The topological polar surface area (TPSA) is 29.5 Å². The van der Waals surface area contributed by atoms with Gasteiger partial charge in [-0.2, -0.15) is 0 Å². The Hall–Kier alpha value is -7.36. The summed E-state index contributed by atoms with van der Waals surface area (Å²) in [6.07, 6.45) is 0. The summed E-state index contributed by atoms with van der Waals surface area (Å²) in [5.41, 5.74) is 16.8. The number of anilines is 3. The van der Waals surface area contributed by atoms with E-state index in [0.29, 0.717) is 0 Å². The maximum Gasteiger partial charge on any atom is 0.143 e. The van der Waals surface area contributed by atoms with Crippen LogP contribution in [-0.2, 0) is 5.41 Å². The molecule has 0 saturated heterocycles. The zero-order chi connectivity index (χ0) is 38.5. The lowest BCUT2D eigenvalue weighted by atomic mass is 9.82. The number of furan rings is 2. The zero-order valence-electron chi connectivity index (χ0n) is 32.2. The highest BCUT2D eigenvalue weighted by atomic mass is 16.3. The molecule has 0 atom stereocenters. The Labute approximate surface area is 336 Å². The van der Waals surface area contributed by atoms with Gasteiger partial charge in [0.15, 0.2) is 0 Å². The highest BCUT2D eigenvalue weighted by Gasteiger charge is 2.37. The van der Waals surface area contributed by atoms with Gasteiger partial charge >= 0.3 is 0 Å². The van der Waals surface area contributed by atoms with Gasteiger partial charge in [0.25, 0.3) is 0 Å². The summed E-state index contributed by atoms with van der Waals surface area (Å²) in [7, 11) is 0. The van der Waals surface area contributed by atoms with Crippen molar-refractivity contribution in [1.82, 2.24) is 0 Å². The van der Waals surface area contributed by atoms with Crippen LogP contribution in [0.25, 0.3) is 88.0 Å².